The van der Waals surface area contributed by atoms with E-state index in [0.717, 1.165) is 64.5 Å². The molecule has 1 aromatic carbocycles. The summed E-state index contributed by atoms with van der Waals surface area (Å²) in [5.41, 5.74) is 1.69. The molecule has 2 unspecified atom stereocenters. The fraction of sp³-hybridized carbons (Fsp3) is 0.618. The lowest BCUT2D eigenvalue weighted by Gasteiger charge is -2.35. The zero-order chi connectivity index (χ0) is 33.4. The second-order valence-corrected chi connectivity index (χ2v) is 12.6. The SMILES string of the molecule is C=C/C=C(\C)CNC(=O)C1CCCN1C(=O)C(NC(=O)COC1CCC1)C(C)(C)C.CO.Oc1ccc(N2CCNCC2)cc1. The van der Waals surface area contributed by atoms with Gasteiger partial charge in [0.2, 0.25) is 17.7 Å². The minimum Gasteiger partial charge on any atom is -0.508 e. The van der Waals surface area contributed by atoms with Gasteiger partial charge in [0.05, 0.1) is 6.10 Å². The summed E-state index contributed by atoms with van der Waals surface area (Å²) >= 11 is 0. The lowest BCUT2D eigenvalue weighted by atomic mass is 9.85. The molecule has 4 rings (SSSR count). The third-order valence-corrected chi connectivity index (χ3v) is 8.03. The van der Waals surface area contributed by atoms with E-state index in [4.69, 9.17) is 14.9 Å². The van der Waals surface area contributed by atoms with Crippen molar-refractivity contribution >= 4 is 23.4 Å². The molecule has 2 aliphatic heterocycles. The summed E-state index contributed by atoms with van der Waals surface area (Å²) in [6.07, 6.45) is 8.17. The van der Waals surface area contributed by atoms with Crippen molar-refractivity contribution in [1.82, 2.24) is 20.9 Å². The van der Waals surface area contributed by atoms with E-state index in [0.29, 0.717) is 25.3 Å². The van der Waals surface area contributed by atoms with E-state index in [1.807, 2.05) is 45.9 Å². The topological polar surface area (TPSA) is 143 Å². The zero-order valence-electron chi connectivity index (χ0n) is 27.8. The summed E-state index contributed by atoms with van der Waals surface area (Å²) in [6, 6.07) is 6.16. The van der Waals surface area contributed by atoms with Gasteiger partial charge in [0.25, 0.3) is 0 Å². The number of hydrogen-bond acceptors (Lipinski definition) is 8. The summed E-state index contributed by atoms with van der Waals surface area (Å²) in [5.74, 6) is -0.333. The minimum absolute atomic E-state index is 0.0383. The Morgan fingerprint density at radius 3 is 2.27 bits per heavy atom. The number of nitrogens with zero attached hydrogens (tertiary/aromatic N) is 2. The quantitative estimate of drug-likeness (QED) is 0.249. The molecular weight excluding hydrogens is 574 g/mol. The van der Waals surface area contributed by atoms with Crippen LogP contribution < -0.4 is 20.9 Å². The van der Waals surface area contributed by atoms with E-state index >= 15 is 0 Å². The van der Waals surface area contributed by atoms with Crippen LogP contribution in [0.1, 0.15) is 59.8 Å². The Hall–Kier alpha value is -3.41. The average molecular weight is 630 g/mol. The van der Waals surface area contributed by atoms with Crippen molar-refractivity contribution < 1.29 is 29.3 Å². The molecule has 2 saturated heterocycles. The van der Waals surface area contributed by atoms with E-state index in [1.165, 1.54) is 5.69 Å². The predicted molar refractivity (Wildman–Crippen MR) is 178 cm³/mol. The molecular formula is C34H55N5O6. The number of phenols is 1. The van der Waals surface area contributed by atoms with Gasteiger partial charge in [0, 0.05) is 52.1 Å². The van der Waals surface area contributed by atoms with E-state index in [1.54, 1.807) is 23.1 Å². The first-order valence-electron chi connectivity index (χ1n) is 16.0. The van der Waals surface area contributed by atoms with Gasteiger partial charge in [0.1, 0.15) is 24.4 Å². The first kappa shape index (κ1) is 37.8. The number of aliphatic hydroxyl groups is 1. The summed E-state index contributed by atoms with van der Waals surface area (Å²) < 4.78 is 5.58. The van der Waals surface area contributed by atoms with E-state index < -0.39 is 17.5 Å². The number of benzene rings is 1. The molecule has 252 valence electrons. The highest BCUT2D eigenvalue weighted by molar-refractivity contribution is 5.93. The van der Waals surface area contributed by atoms with Crippen LogP contribution >= 0.6 is 0 Å². The molecule has 11 heteroatoms. The maximum atomic E-state index is 13.4. The third kappa shape index (κ3) is 12.5. The molecule has 0 aromatic heterocycles. The Labute approximate surface area is 269 Å². The Bertz CT molecular complexity index is 1110. The van der Waals surface area contributed by atoms with E-state index in [-0.39, 0.29) is 30.4 Å². The summed E-state index contributed by atoms with van der Waals surface area (Å²) in [4.78, 5) is 42.4. The van der Waals surface area contributed by atoms with Gasteiger partial charge in [-0.15, -0.1) is 0 Å². The number of anilines is 1. The second-order valence-electron chi connectivity index (χ2n) is 12.6. The predicted octanol–water partition coefficient (Wildman–Crippen LogP) is 2.74. The van der Waals surface area contributed by atoms with Gasteiger partial charge in [-0.05, 0) is 68.7 Å². The maximum Gasteiger partial charge on any atom is 0.246 e. The van der Waals surface area contributed by atoms with Gasteiger partial charge in [-0.2, -0.15) is 0 Å². The van der Waals surface area contributed by atoms with Crippen LogP contribution in [0.2, 0.25) is 0 Å². The number of aliphatic hydroxyl groups excluding tert-OH is 1. The van der Waals surface area contributed by atoms with Gasteiger partial charge in [-0.1, -0.05) is 45.1 Å². The fourth-order valence-corrected chi connectivity index (χ4v) is 5.24. The Morgan fingerprint density at radius 2 is 1.71 bits per heavy atom. The molecule has 0 radical (unpaired) electrons. The summed E-state index contributed by atoms with van der Waals surface area (Å²) in [6.45, 7) is 16.4. The van der Waals surface area contributed by atoms with Gasteiger partial charge in [-0.3, -0.25) is 14.4 Å². The number of hydrogen-bond donors (Lipinski definition) is 5. The molecule has 0 spiro atoms. The summed E-state index contributed by atoms with van der Waals surface area (Å²) in [7, 11) is 1.00. The number of rotatable bonds is 10. The molecule has 11 nitrogen and oxygen atoms in total. The highest BCUT2D eigenvalue weighted by Crippen LogP contribution is 2.26. The number of amides is 3. The molecule has 45 heavy (non-hydrogen) atoms. The number of nitrogens with one attached hydrogen (secondary N) is 3. The van der Waals surface area contributed by atoms with Crippen LogP contribution in [0.4, 0.5) is 5.69 Å². The number of piperazine rings is 1. The van der Waals surface area contributed by atoms with Crippen molar-refractivity contribution in [3.05, 3.63) is 48.6 Å². The van der Waals surface area contributed by atoms with Crippen LogP contribution in [-0.2, 0) is 19.1 Å². The first-order valence-corrected chi connectivity index (χ1v) is 16.0. The van der Waals surface area contributed by atoms with Crippen molar-refractivity contribution in [2.75, 3.05) is 57.9 Å². The smallest absolute Gasteiger partial charge is 0.246 e. The van der Waals surface area contributed by atoms with Crippen molar-refractivity contribution in [2.24, 2.45) is 5.41 Å². The Kier molecular flexibility index (Phi) is 16.1. The number of ether oxygens (including phenoxy) is 1. The van der Waals surface area contributed by atoms with Crippen LogP contribution in [0.25, 0.3) is 0 Å². The van der Waals surface area contributed by atoms with Crippen LogP contribution in [0, 0.1) is 5.41 Å². The molecule has 2 atom stereocenters. The van der Waals surface area contributed by atoms with Crippen molar-refractivity contribution in [1.29, 1.82) is 0 Å². The zero-order valence-corrected chi connectivity index (χ0v) is 27.8. The molecule has 3 amide bonds. The second kappa shape index (κ2) is 19.2. The monoisotopic (exact) mass is 629 g/mol. The molecule has 2 heterocycles. The lowest BCUT2D eigenvalue weighted by molar-refractivity contribution is -0.145. The molecule has 1 aliphatic carbocycles. The molecule has 1 aromatic rings. The number of phenolic OH excluding ortho intramolecular Hbond substituents is 1. The fourth-order valence-electron chi connectivity index (χ4n) is 5.24. The first-order chi connectivity index (χ1) is 21.5. The minimum atomic E-state index is -0.717. The summed E-state index contributed by atoms with van der Waals surface area (Å²) in [5, 5.41) is 25.2. The van der Waals surface area contributed by atoms with Crippen LogP contribution in [0.3, 0.4) is 0 Å². The van der Waals surface area contributed by atoms with Crippen LogP contribution in [0.5, 0.6) is 5.75 Å². The number of aromatic hydroxyl groups is 1. The number of likely N-dealkylation sites (tertiary alicyclic amines) is 1. The van der Waals surface area contributed by atoms with E-state index in [9.17, 15) is 14.4 Å². The van der Waals surface area contributed by atoms with Gasteiger partial charge >= 0.3 is 0 Å². The van der Waals surface area contributed by atoms with Crippen LogP contribution in [-0.4, -0.2) is 104 Å². The van der Waals surface area contributed by atoms with Crippen molar-refractivity contribution in [2.45, 2.75) is 78.0 Å². The van der Waals surface area contributed by atoms with E-state index in [2.05, 4.69) is 27.4 Å². The molecule has 0 bridgehead atoms. The van der Waals surface area contributed by atoms with Gasteiger partial charge in [0.15, 0.2) is 0 Å². The highest BCUT2D eigenvalue weighted by atomic mass is 16.5. The lowest BCUT2D eigenvalue weighted by Crippen LogP contribution is -2.58. The Balaban J connectivity index is 0.000000388. The maximum absolute atomic E-state index is 13.4. The number of carbonyl (C=O) groups excluding carboxylic acids is 3. The number of allylic oxidation sites excluding steroid dienone is 2. The molecule has 3 fully saturated rings. The average Bonchev–Trinajstić information content (AvgIpc) is 3.50. The van der Waals surface area contributed by atoms with Gasteiger partial charge in [-0.25, -0.2) is 0 Å². The third-order valence-electron chi connectivity index (χ3n) is 8.03. The molecule has 1 saturated carbocycles. The van der Waals surface area contributed by atoms with Gasteiger partial charge < -0.3 is 40.7 Å². The largest absolute Gasteiger partial charge is 0.508 e. The van der Waals surface area contributed by atoms with Crippen molar-refractivity contribution in [3.63, 3.8) is 0 Å². The highest BCUT2D eigenvalue weighted by Gasteiger charge is 2.41. The number of carbonyl (C=O) groups is 3. The van der Waals surface area contributed by atoms with Crippen LogP contribution in [0.15, 0.2) is 48.6 Å². The molecule has 3 aliphatic rings. The Morgan fingerprint density at radius 1 is 1.07 bits per heavy atom. The molecule has 5 N–H and O–H groups in total. The standard InChI is InChI=1S/C23H37N3O4.C10H14N2O.CH4O/c1-6-9-16(2)14-24-21(28)18-12-8-13-26(18)22(29)20(23(3,4)5)25-19(27)15-30-17-10-7-11-17;13-10-3-1-9(2-4-10)12-7-5-11-6-8-12;1-2/h6,9,17-18,20H,1,7-8,10-15H2,2-5H3,(H,24,28)(H,25,27);1-4,11,13H,5-8H2;2H,1H3/b16-9+;;. The normalized spacial score (nSPS) is 19.2. The van der Waals surface area contributed by atoms with Crippen molar-refractivity contribution in [3.8, 4) is 5.75 Å².